The number of carbonyl (C=O) groups is 1. The van der Waals surface area contributed by atoms with Crippen LogP contribution in [0.2, 0.25) is 10.0 Å². The van der Waals surface area contributed by atoms with Gasteiger partial charge >= 0.3 is 0 Å². The first-order valence-electron chi connectivity index (χ1n) is 9.28. The third kappa shape index (κ3) is 6.24. The van der Waals surface area contributed by atoms with Gasteiger partial charge in [-0.3, -0.25) is 4.79 Å². The number of aromatic nitrogens is 2. The highest BCUT2D eigenvalue weighted by atomic mass is 35.5. The van der Waals surface area contributed by atoms with Crippen LogP contribution in [-0.4, -0.2) is 36.4 Å². The molecule has 0 fully saturated rings. The Kier molecular flexibility index (Phi) is 7.94. The Morgan fingerprint density at radius 2 is 1.97 bits per heavy atom. The Balaban J connectivity index is 1.47. The van der Waals surface area contributed by atoms with Crippen molar-refractivity contribution >= 4 is 34.9 Å². The Hall–Kier alpha value is -3.01. The van der Waals surface area contributed by atoms with Gasteiger partial charge in [0.2, 0.25) is 11.5 Å². The summed E-state index contributed by atoms with van der Waals surface area (Å²) in [5.41, 5.74) is 7.26. The van der Waals surface area contributed by atoms with E-state index in [0.717, 1.165) is 11.1 Å². The number of hydrogen-bond donors (Lipinski definition) is 3. The van der Waals surface area contributed by atoms with Crippen molar-refractivity contribution in [1.29, 1.82) is 0 Å². The van der Waals surface area contributed by atoms with E-state index in [1.54, 1.807) is 19.2 Å². The second-order valence-corrected chi connectivity index (χ2v) is 7.28. The van der Waals surface area contributed by atoms with E-state index in [1.165, 1.54) is 0 Å². The lowest BCUT2D eigenvalue weighted by Crippen LogP contribution is -2.32. The average molecular weight is 466 g/mol. The van der Waals surface area contributed by atoms with Gasteiger partial charge in [0.1, 0.15) is 6.61 Å². The number of nitrogens with one attached hydrogen (secondary N) is 2. The molecule has 0 aliphatic heterocycles. The maximum atomic E-state index is 11.9. The number of benzene rings is 2. The number of halogens is 2. The molecule has 0 aliphatic carbocycles. The molecule has 1 heterocycles. The number of ether oxygens (including phenoxy) is 2. The first-order valence-corrected chi connectivity index (χ1v) is 10.0. The van der Waals surface area contributed by atoms with Gasteiger partial charge in [0.05, 0.1) is 7.11 Å². The number of nitrogens with zero attached hydrogens (tertiary/aromatic N) is 2. The van der Waals surface area contributed by atoms with Crippen molar-refractivity contribution in [3.05, 3.63) is 63.3 Å². The maximum absolute atomic E-state index is 11.9. The summed E-state index contributed by atoms with van der Waals surface area (Å²) in [6.07, 6.45) is 0. The van der Waals surface area contributed by atoms with Gasteiger partial charge in [-0.15, -0.1) is 0 Å². The van der Waals surface area contributed by atoms with Gasteiger partial charge in [-0.1, -0.05) is 35.3 Å². The predicted octanol–water partition coefficient (Wildman–Crippen LogP) is 3.07. The van der Waals surface area contributed by atoms with Crippen LogP contribution in [0.4, 0.5) is 5.82 Å². The van der Waals surface area contributed by atoms with E-state index in [9.17, 15) is 4.79 Å². The molecule has 1 aromatic heterocycles. The van der Waals surface area contributed by atoms with Crippen molar-refractivity contribution in [3.8, 4) is 11.5 Å². The van der Waals surface area contributed by atoms with Crippen LogP contribution in [0.25, 0.3) is 0 Å². The molecule has 9 nitrogen and oxygen atoms in total. The molecule has 0 saturated heterocycles. The number of anilines is 1. The summed E-state index contributed by atoms with van der Waals surface area (Å²) in [5.74, 6) is 0.720. The van der Waals surface area contributed by atoms with Gasteiger partial charge in [0.25, 0.3) is 5.91 Å². The van der Waals surface area contributed by atoms with Crippen molar-refractivity contribution in [2.45, 2.75) is 13.2 Å². The third-order valence-corrected chi connectivity index (χ3v) is 4.86. The highest BCUT2D eigenvalue weighted by molar-refractivity contribution is 6.35. The SMILES string of the molecule is COc1cc(CNCCNC(=O)c2nonc2N)ccc1OCc1ccc(Cl)cc1Cl. The molecule has 0 spiro atoms. The van der Waals surface area contributed by atoms with Crippen molar-refractivity contribution in [2.75, 3.05) is 25.9 Å². The van der Waals surface area contributed by atoms with E-state index in [4.69, 9.17) is 38.4 Å². The van der Waals surface area contributed by atoms with E-state index in [0.29, 0.717) is 41.2 Å². The Labute approximate surface area is 188 Å². The lowest BCUT2D eigenvalue weighted by molar-refractivity contribution is 0.0944. The second kappa shape index (κ2) is 10.9. The molecular weight excluding hydrogens is 445 g/mol. The van der Waals surface area contributed by atoms with Crippen LogP contribution in [-0.2, 0) is 13.2 Å². The van der Waals surface area contributed by atoms with Crippen molar-refractivity contribution < 1.29 is 18.9 Å². The van der Waals surface area contributed by atoms with Crippen molar-refractivity contribution in [2.24, 2.45) is 0 Å². The second-order valence-electron chi connectivity index (χ2n) is 6.44. The highest BCUT2D eigenvalue weighted by Gasteiger charge is 2.15. The Morgan fingerprint density at radius 1 is 1.13 bits per heavy atom. The van der Waals surface area contributed by atoms with E-state index in [2.05, 4.69) is 25.6 Å². The largest absolute Gasteiger partial charge is 0.493 e. The van der Waals surface area contributed by atoms with Crippen LogP contribution in [0.1, 0.15) is 21.6 Å². The first-order chi connectivity index (χ1) is 15.0. The van der Waals surface area contributed by atoms with Gasteiger partial charge in [-0.2, -0.15) is 0 Å². The summed E-state index contributed by atoms with van der Waals surface area (Å²) >= 11 is 12.1. The minimum atomic E-state index is -0.440. The number of nitrogens with two attached hydrogens (primary N) is 1. The number of methoxy groups -OCH3 is 1. The smallest absolute Gasteiger partial charge is 0.277 e. The van der Waals surface area contributed by atoms with Gasteiger partial charge < -0.3 is 25.8 Å². The molecule has 0 unspecified atom stereocenters. The van der Waals surface area contributed by atoms with E-state index in [-0.39, 0.29) is 18.1 Å². The van der Waals surface area contributed by atoms with Gasteiger partial charge in [-0.25, -0.2) is 4.63 Å². The topological polar surface area (TPSA) is 125 Å². The lowest BCUT2D eigenvalue weighted by Gasteiger charge is -2.13. The molecule has 0 radical (unpaired) electrons. The molecule has 164 valence electrons. The van der Waals surface area contributed by atoms with E-state index >= 15 is 0 Å². The molecule has 3 aromatic rings. The van der Waals surface area contributed by atoms with Crippen LogP contribution in [0.3, 0.4) is 0 Å². The van der Waals surface area contributed by atoms with Crippen LogP contribution >= 0.6 is 23.2 Å². The van der Waals surface area contributed by atoms with Gasteiger partial charge in [0, 0.05) is 35.2 Å². The van der Waals surface area contributed by atoms with E-state index in [1.807, 2.05) is 24.3 Å². The fraction of sp³-hybridized carbons (Fsp3) is 0.250. The fourth-order valence-corrected chi connectivity index (χ4v) is 3.13. The summed E-state index contributed by atoms with van der Waals surface area (Å²) < 4.78 is 15.7. The molecule has 1 amide bonds. The van der Waals surface area contributed by atoms with E-state index < -0.39 is 5.91 Å². The zero-order valence-electron chi connectivity index (χ0n) is 16.7. The highest BCUT2D eigenvalue weighted by Crippen LogP contribution is 2.30. The minimum Gasteiger partial charge on any atom is -0.493 e. The summed E-state index contributed by atoms with van der Waals surface area (Å²) in [7, 11) is 1.58. The number of rotatable bonds is 10. The standard InChI is InChI=1S/C20H21Cl2N5O4/c1-29-17-8-12(10-24-6-7-25-20(28)18-19(23)27-31-26-18)2-5-16(17)30-11-13-3-4-14(21)9-15(13)22/h2-5,8-9,24H,6-7,10-11H2,1H3,(H2,23,27)(H,25,28). The first kappa shape index (κ1) is 22.7. The normalized spacial score (nSPS) is 10.7. The zero-order valence-corrected chi connectivity index (χ0v) is 18.2. The lowest BCUT2D eigenvalue weighted by atomic mass is 10.2. The van der Waals surface area contributed by atoms with Crippen molar-refractivity contribution in [3.63, 3.8) is 0 Å². The molecule has 0 bridgehead atoms. The summed E-state index contributed by atoms with van der Waals surface area (Å²) in [6.45, 7) is 1.77. The van der Waals surface area contributed by atoms with Crippen LogP contribution in [0.5, 0.6) is 11.5 Å². The minimum absolute atomic E-state index is 0.0276. The molecule has 31 heavy (non-hydrogen) atoms. The molecule has 0 aliphatic rings. The average Bonchev–Trinajstić information content (AvgIpc) is 3.19. The van der Waals surface area contributed by atoms with Crippen LogP contribution in [0, 0.1) is 0 Å². The molecule has 3 rings (SSSR count). The Morgan fingerprint density at radius 3 is 2.68 bits per heavy atom. The summed E-state index contributed by atoms with van der Waals surface area (Å²) in [4.78, 5) is 11.9. The molecular formula is C20H21Cl2N5O4. The number of carbonyl (C=O) groups excluding carboxylic acids is 1. The third-order valence-electron chi connectivity index (χ3n) is 4.27. The van der Waals surface area contributed by atoms with Crippen molar-refractivity contribution in [1.82, 2.24) is 20.9 Å². The zero-order chi connectivity index (χ0) is 22.2. The monoisotopic (exact) mass is 465 g/mol. The van der Waals surface area contributed by atoms with Crippen LogP contribution in [0.15, 0.2) is 41.0 Å². The number of nitrogen functional groups attached to an aromatic ring is 1. The van der Waals surface area contributed by atoms with Crippen LogP contribution < -0.4 is 25.8 Å². The van der Waals surface area contributed by atoms with Gasteiger partial charge in [0.15, 0.2) is 11.5 Å². The quantitative estimate of drug-likeness (QED) is 0.390. The summed E-state index contributed by atoms with van der Waals surface area (Å²) in [5, 5.41) is 13.8. The molecule has 2 aromatic carbocycles. The number of amides is 1. The maximum Gasteiger partial charge on any atom is 0.277 e. The fourth-order valence-electron chi connectivity index (χ4n) is 2.67. The predicted molar refractivity (Wildman–Crippen MR) is 117 cm³/mol. The number of hydrogen-bond acceptors (Lipinski definition) is 8. The molecule has 4 N–H and O–H groups in total. The van der Waals surface area contributed by atoms with Gasteiger partial charge in [-0.05, 0) is 40.1 Å². The molecule has 0 atom stereocenters. The molecule has 0 saturated carbocycles. The molecule has 11 heteroatoms. The Bertz CT molecular complexity index is 1040. The summed E-state index contributed by atoms with van der Waals surface area (Å²) in [6, 6.07) is 10.9.